The van der Waals surface area contributed by atoms with Crippen molar-refractivity contribution in [3.05, 3.63) is 182 Å². The summed E-state index contributed by atoms with van der Waals surface area (Å²) in [5, 5.41) is 12.5. The van der Waals surface area contributed by atoms with Crippen LogP contribution in [0.25, 0.3) is 70.6 Å². The smallest absolute Gasteiger partial charge is 0.0562 e. The quantitative estimate of drug-likeness (QED) is 0.180. The van der Waals surface area contributed by atoms with E-state index in [0.29, 0.717) is 0 Å². The maximum Gasteiger partial charge on any atom is 0.0562 e. The summed E-state index contributed by atoms with van der Waals surface area (Å²) in [5.41, 5.74) is 6.97. The summed E-state index contributed by atoms with van der Waals surface area (Å²) in [6.45, 7) is 0. The molecular formula is C46H30N2. The van der Waals surface area contributed by atoms with Crippen LogP contribution in [0.5, 0.6) is 0 Å². The van der Waals surface area contributed by atoms with Crippen LogP contribution in [0, 0.1) is 0 Å². The molecule has 0 bridgehead atoms. The first kappa shape index (κ1) is 26.8. The molecule has 0 N–H and O–H groups in total. The first-order valence-electron chi connectivity index (χ1n) is 16.5. The van der Waals surface area contributed by atoms with Gasteiger partial charge in [-0.15, -0.1) is 0 Å². The van der Waals surface area contributed by atoms with Crippen molar-refractivity contribution in [2.75, 3.05) is 4.90 Å². The third-order valence-corrected chi connectivity index (χ3v) is 9.92. The largest absolute Gasteiger partial charge is 0.309 e. The number of anilines is 3. The van der Waals surface area contributed by atoms with E-state index in [2.05, 4.69) is 191 Å². The molecule has 0 aliphatic carbocycles. The van der Waals surface area contributed by atoms with Crippen LogP contribution in [-0.2, 0) is 0 Å². The van der Waals surface area contributed by atoms with Crippen molar-refractivity contribution in [3.8, 4) is 5.69 Å². The van der Waals surface area contributed by atoms with Gasteiger partial charge in [0.25, 0.3) is 0 Å². The van der Waals surface area contributed by atoms with Gasteiger partial charge in [-0.2, -0.15) is 0 Å². The van der Waals surface area contributed by atoms with Crippen LogP contribution in [0.1, 0.15) is 0 Å². The molecular weight excluding hydrogens is 581 g/mol. The summed E-state index contributed by atoms with van der Waals surface area (Å²) in [6.07, 6.45) is 0. The van der Waals surface area contributed by atoms with Gasteiger partial charge in [0.15, 0.2) is 0 Å². The second kappa shape index (κ2) is 10.6. The Morgan fingerprint density at radius 1 is 0.333 bits per heavy atom. The number of para-hydroxylation sites is 2. The van der Waals surface area contributed by atoms with Gasteiger partial charge in [-0.05, 0) is 86.2 Å². The highest BCUT2D eigenvalue weighted by atomic mass is 15.1. The molecule has 1 aromatic heterocycles. The molecule has 224 valence electrons. The second-order valence-electron chi connectivity index (χ2n) is 12.5. The number of nitrogens with zero attached hydrogens (tertiary/aromatic N) is 2. The molecule has 48 heavy (non-hydrogen) atoms. The topological polar surface area (TPSA) is 8.17 Å². The van der Waals surface area contributed by atoms with Crippen LogP contribution < -0.4 is 4.90 Å². The average molecular weight is 611 g/mol. The first-order chi connectivity index (χ1) is 23.8. The maximum absolute atomic E-state index is 2.47. The Bertz CT molecular complexity index is 2840. The van der Waals surface area contributed by atoms with E-state index in [9.17, 15) is 0 Å². The van der Waals surface area contributed by atoms with E-state index in [1.165, 1.54) is 64.9 Å². The zero-order valence-corrected chi connectivity index (χ0v) is 26.2. The monoisotopic (exact) mass is 610 g/mol. The summed E-state index contributed by atoms with van der Waals surface area (Å²) in [4.78, 5) is 2.47. The molecule has 1 heterocycles. The van der Waals surface area contributed by atoms with Crippen molar-refractivity contribution < 1.29 is 0 Å². The average Bonchev–Trinajstić information content (AvgIpc) is 3.50. The Morgan fingerprint density at radius 2 is 0.896 bits per heavy atom. The summed E-state index contributed by atoms with van der Waals surface area (Å²) in [6, 6.07) is 66.3. The van der Waals surface area contributed by atoms with Gasteiger partial charge < -0.3 is 9.47 Å². The number of rotatable bonds is 4. The Hall–Kier alpha value is -6.38. The Balaban J connectivity index is 1.28. The van der Waals surface area contributed by atoms with Crippen LogP contribution >= 0.6 is 0 Å². The summed E-state index contributed by atoms with van der Waals surface area (Å²) >= 11 is 0. The van der Waals surface area contributed by atoms with Gasteiger partial charge in [0.05, 0.1) is 22.4 Å². The second-order valence-corrected chi connectivity index (χ2v) is 12.5. The minimum Gasteiger partial charge on any atom is -0.309 e. The maximum atomic E-state index is 2.47. The predicted molar refractivity (Wildman–Crippen MR) is 205 cm³/mol. The van der Waals surface area contributed by atoms with Crippen molar-refractivity contribution >= 4 is 82.0 Å². The highest BCUT2D eigenvalue weighted by molar-refractivity contribution is 6.19. The molecule has 0 amide bonds. The first-order valence-corrected chi connectivity index (χ1v) is 16.5. The van der Waals surface area contributed by atoms with Crippen LogP contribution in [0.4, 0.5) is 17.1 Å². The van der Waals surface area contributed by atoms with Crippen LogP contribution in [-0.4, -0.2) is 4.57 Å². The Kier molecular flexibility index (Phi) is 5.91. The lowest BCUT2D eigenvalue weighted by Crippen LogP contribution is -2.11. The van der Waals surface area contributed by atoms with Gasteiger partial charge in [0.2, 0.25) is 0 Å². The fraction of sp³-hybridized carbons (Fsp3) is 0. The van der Waals surface area contributed by atoms with Gasteiger partial charge in [0, 0.05) is 27.5 Å². The van der Waals surface area contributed by atoms with Crippen molar-refractivity contribution in [2.45, 2.75) is 0 Å². The van der Waals surface area contributed by atoms with Crippen LogP contribution in [0.15, 0.2) is 182 Å². The summed E-state index contributed by atoms with van der Waals surface area (Å²) < 4.78 is 2.40. The lowest BCUT2D eigenvalue weighted by atomic mass is 9.96. The molecule has 0 spiro atoms. The standard InChI is InChI=1S/C46H30N2/c1-2-15-34(16-3-1)47-43-20-9-8-19-41(43)46-44(47)22-11-23-45(46)48(42-21-10-14-31-12-5-7-18-38(31)42)35-26-29-37-33(30-35)25-28-39-36-17-6-4-13-32(36)24-27-40(37)39/h1-30H. The van der Waals surface area contributed by atoms with Gasteiger partial charge in [-0.1, -0.05) is 133 Å². The van der Waals surface area contributed by atoms with Gasteiger partial charge in [-0.3, -0.25) is 0 Å². The molecule has 0 atom stereocenters. The van der Waals surface area contributed by atoms with Crippen molar-refractivity contribution in [1.82, 2.24) is 4.57 Å². The number of hydrogen-bond acceptors (Lipinski definition) is 1. The van der Waals surface area contributed by atoms with Gasteiger partial charge in [-0.25, -0.2) is 0 Å². The van der Waals surface area contributed by atoms with E-state index in [1.54, 1.807) is 0 Å². The molecule has 0 aliphatic heterocycles. The molecule has 0 aliphatic rings. The Morgan fingerprint density at radius 3 is 1.73 bits per heavy atom. The normalized spacial score (nSPS) is 11.8. The molecule has 0 fully saturated rings. The molecule has 10 rings (SSSR count). The summed E-state index contributed by atoms with van der Waals surface area (Å²) in [5.74, 6) is 0. The minimum absolute atomic E-state index is 1.13. The van der Waals surface area contributed by atoms with E-state index in [0.717, 1.165) is 22.7 Å². The third kappa shape index (κ3) is 4.00. The van der Waals surface area contributed by atoms with Crippen molar-refractivity contribution in [1.29, 1.82) is 0 Å². The van der Waals surface area contributed by atoms with Crippen LogP contribution in [0.2, 0.25) is 0 Å². The van der Waals surface area contributed by atoms with Crippen LogP contribution in [0.3, 0.4) is 0 Å². The SMILES string of the molecule is c1ccc(-n2c3ccccc3c3c(N(c4ccc5c(ccc6c7ccccc7ccc56)c4)c4cccc5ccccc45)cccc32)cc1. The molecule has 0 unspecified atom stereocenters. The molecule has 0 saturated carbocycles. The molecule has 2 heteroatoms. The molecule has 0 saturated heterocycles. The number of fused-ring (bicyclic) bond motifs is 9. The molecule has 10 aromatic rings. The minimum atomic E-state index is 1.13. The van der Waals surface area contributed by atoms with E-state index >= 15 is 0 Å². The van der Waals surface area contributed by atoms with Gasteiger partial charge >= 0.3 is 0 Å². The zero-order valence-electron chi connectivity index (χ0n) is 26.2. The van der Waals surface area contributed by atoms with E-state index in [1.807, 2.05) is 0 Å². The fourth-order valence-corrected chi connectivity index (χ4v) is 7.81. The van der Waals surface area contributed by atoms with E-state index in [4.69, 9.17) is 0 Å². The van der Waals surface area contributed by atoms with E-state index in [-0.39, 0.29) is 0 Å². The molecule has 0 radical (unpaired) electrons. The third-order valence-electron chi connectivity index (χ3n) is 9.92. The lowest BCUT2D eigenvalue weighted by Gasteiger charge is -2.28. The highest BCUT2D eigenvalue weighted by Crippen LogP contribution is 2.46. The van der Waals surface area contributed by atoms with Gasteiger partial charge in [0.1, 0.15) is 0 Å². The van der Waals surface area contributed by atoms with Crippen molar-refractivity contribution in [3.63, 3.8) is 0 Å². The van der Waals surface area contributed by atoms with E-state index < -0.39 is 0 Å². The van der Waals surface area contributed by atoms with Crippen molar-refractivity contribution in [2.24, 2.45) is 0 Å². The lowest BCUT2D eigenvalue weighted by molar-refractivity contribution is 1.18. The predicted octanol–water partition coefficient (Wildman–Crippen LogP) is 12.9. The number of aromatic nitrogens is 1. The summed E-state index contributed by atoms with van der Waals surface area (Å²) in [7, 11) is 0. The Labute approximate surface area is 278 Å². The molecule has 2 nitrogen and oxygen atoms in total. The number of hydrogen-bond donors (Lipinski definition) is 0. The number of benzene rings is 9. The zero-order chi connectivity index (χ0) is 31.6. The highest BCUT2D eigenvalue weighted by Gasteiger charge is 2.22. The molecule has 9 aromatic carbocycles. The fourth-order valence-electron chi connectivity index (χ4n) is 7.81.